The van der Waals surface area contributed by atoms with E-state index in [9.17, 15) is 4.79 Å². The van der Waals surface area contributed by atoms with Gasteiger partial charge in [0.1, 0.15) is 5.25 Å². The van der Waals surface area contributed by atoms with Crippen LogP contribution in [0.4, 0.5) is 17.1 Å². The van der Waals surface area contributed by atoms with Gasteiger partial charge in [0, 0.05) is 22.0 Å². The van der Waals surface area contributed by atoms with Crippen LogP contribution in [0.5, 0.6) is 0 Å². The zero-order chi connectivity index (χ0) is 22.9. The largest absolute Gasteiger partial charge is 0.332 e. The topological polar surface area (TPSA) is 53.2 Å². The summed E-state index contributed by atoms with van der Waals surface area (Å²) in [5.74, 6) is -0.0622. The van der Waals surface area contributed by atoms with Gasteiger partial charge < -0.3 is 16.0 Å². The van der Waals surface area contributed by atoms with Crippen molar-refractivity contribution < 1.29 is 4.79 Å². The molecule has 0 aromatic heterocycles. The molecule has 4 rings (SSSR count). The smallest absolute Gasteiger partial charge is 0.242 e. The Morgan fingerprint density at radius 1 is 0.606 bits per heavy atom. The van der Waals surface area contributed by atoms with E-state index in [1.165, 1.54) is 11.8 Å². The number of anilines is 3. The van der Waals surface area contributed by atoms with Gasteiger partial charge in [-0.2, -0.15) is 0 Å². The quantitative estimate of drug-likeness (QED) is 0.202. The van der Waals surface area contributed by atoms with Crippen molar-refractivity contribution in [2.24, 2.45) is 0 Å². The van der Waals surface area contributed by atoms with Crippen molar-refractivity contribution in [2.45, 2.75) is 10.1 Å². The number of thioether (sulfide) groups is 1. The van der Waals surface area contributed by atoms with Crippen molar-refractivity contribution in [1.82, 2.24) is 0 Å². The molecule has 3 N–H and O–H groups in total. The van der Waals surface area contributed by atoms with E-state index in [1.807, 2.05) is 115 Å². The molecule has 0 fully saturated rings. The maximum Gasteiger partial charge on any atom is 0.242 e. The number of thiocarbonyl (C=S) groups is 1. The van der Waals surface area contributed by atoms with Crippen LogP contribution in [0.2, 0.25) is 0 Å². The molecular formula is C27H23N3OS2. The minimum Gasteiger partial charge on any atom is -0.332 e. The van der Waals surface area contributed by atoms with Crippen molar-refractivity contribution in [3.8, 4) is 0 Å². The lowest BCUT2D eigenvalue weighted by atomic mass is 10.1. The van der Waals surface area contributed by atoms with Gasteiger partial charge in [0.15, 0.2) is 5.11 Å². The molecule has 4 aromatic rings. The van der Waals surface area contributed by atoms with Crippen LogP contribution in [-0.4, -0.2) is 11.0 Å². The molecule has 4 aromatic carbocycles. The minimum atomic E-state index is -0.383. The first-order valence-electron chi connectivity index (χ1n) is 10.5. The van der Waals surface area contributed by atoms with Crippen LogP contribution >= 0.6 is 24.0 Å². The molecule has 1 amide bonds. The number of hydrogen-bond donors (Lipinski definition) is 3. The zero-order valence-corrected chi connectivity index (χ0v) is 19.4. The number of hydrogen-bond acceptors (Lipinski definition) is 3. The summed E-state index contributed by atoms with van der Waals surface area (Å²) in [5, 5.41) is 9.51. The second-order valence-corrected chi connectivity index (χ2v) is 8.82. The Morgan fingerprint density at radius 3 is 1.61 bits per heavy atom. The monoisotopic (exact) mass is 469 g/mol. The van der Waals surface area contributed by atoms with Gasteiger partial charge >= 0.3 is 0 Å². The third-order valence-corrected chi connectivity index (χ3v) is 6.25. The lowest BCUT2D eigenvalue weighted by Gasteiger charge is -2.17. The standard InChI is InChI=1S/C27H23N3OS2/c31-26(28-21-12-6-2-7-13-21)25(20-10-4-1-5-11-20)33-24-18-16-23(17-19-24)30-27(32)29-22-14-8-3-9-15-22/h1-19,25H,(H,28,31)(H2,29,30,32). The molecule has 1 atom stereocenters. The Bertz CT molecular complexity index is 1180. The molecule has 0 heterocycles. The molecule has 0 bridgehead atoms. The van der Waals surface area contributed by atoms with Gasteiger partial charge in [-0.25, -0.2) is 0 Å². The van der Waals surface area contributed by atoms with Crippen molar-refractivity contribution in [3.05, 3.63) is 121 Å². The van der Waals surface area contributed by atoms with E-state index in [0.717, 1.165) is 27.5 Å². The summed E-state index contributed by atoms with van der Waals surface area (Å²) in [6.07, 6.45) is 0. The Morgan fingerprint density at radius 2 is 1.06 bits per heavy atom. The average molecular weight is 470 g/mol. The summed E-state index contributed by atoms with van der Waals surface area (Å²) in [6, 6.07) is 37.0. The average Bonchev–Trinajstić information content (AvgIpc) is 2.85. The van der Waals surface area contributed by atoms with E-state index >= 15 is 0 Å². The molecule has 4 nitrogen and oxygen atoms in total. The first kappa shape index (κ1) is 22.6. The van der Waals surface area contributed by atoms with E-state index in [-0.39, 0.29) is 11.2 Å². The molecule has 33 heavy (non-hydrogen) atoms. The van der Waals surface area contributed by atoms with E-state index in [2.05, 4.69) is 16.0 Å². The Labute approximate surface area is 203 Å². The normalized spacial score (nSPS) is 11.3. The molecule has 0 spiro atoms. The lowest BCUT2D eigenvalue weighted by Crippen LogP contribution is -2.19. The summed E-state index contributed by atoms with van der Waals surface area (Å²) < 4.78 is 0. The Kier molecular flexibility index (Phi) is 7.74. The number of carbonyl (C=O) groups is 1. The maximum atomic E-state index is 13.1. The van der Waals surface area contributed by atoms with Gasteiger partial charge in [0.25, 0.3) is 0 Å². The number of nitrogens with one attached hydrogen (secondary N) is 3. The van der Waals surface area contributed by atoms with Crippen LogP contribution in [0.1, 0.15) is 10.8 Å². The van der Waals surface area contributed by atoms with Crippen LogP contribution in [0.15, 0.2) is 120 Å². The van der Waals surface area contributed by atoms with Gasteiger partial charge in [0.2, 0.25) is 5.91 Å². The minimum absolute atomic E-state index is 0.0622. The zero-order valence-electron chi connectivity index (χ0n) is 17.8. The second kappa shape index (κ2) is 11.3. The lowest BCUT2D eigenvalue weighted by molar-refractivity contribution is -0.115. The fraction of sp³-hybridized carbons (Fsp3) is 0.0370. The van der Waals surface area contributed by atoms with Crippen molar-refractivity contribution >= 4 is 52.1 Å². The number of amides is 1. The summed E-state index contributed by atoms with van der Waals surface area (Å²) in [5.41, 5.74) is 3.53. The predicted molar refractivity (Wildman–Crippen MR) is 143 cm³/mol. The molecule has 0 aliphatic carbocycles. The van der Waals surface area contributed by atoms with Crippen molar-refractivity contribution in [2.75, 3.05) is 16.0 Å². The summed E-state index contributed by atoms with van der Waals surface area (Å²) in [7, 11) is 0. The summed E-state index contributed by atoms with van der Waals surface area (Å²) >= 11 is 6.91. The van der Waals surface area contributed by atoms with Crippen LogP contribution in [0.3, 0.4) is 0 Å². The summed E-state index contributed by atoms with van der Waals surface area (Å²) in [6.45, 7) is 0. The van der Waals surface area contributed by atoms with E-state index in [0.29, 0.717) is 5.11 Å². The van der Waals surface area contributed by atoms with Crippen LogP contribution in [0.25, 0.3) is 0 Å². The SMILES string of the molecule is O=C(Nc1ccccc1)C(Sc1ccc(NC(=S)Nc2ccccc2)cc1)c1ccccc1. The maximum absolute atomic E-state index is 13.1. The number of para-hydroxylation sites is 2. The van der Waals surface area contributed by atoms with Gasteiger partial charge in [0.05, 0.1) is 0 Å². The Hall–Kier alpha value is -3.61. The third kappa shape index (κ3) is 6.68. The van der Waals surface area contributed by atoms with Crippen molar-refractivity contribution in [3.63, 3.8) is 0 Å². The first-order valence-corrected chi connectivity index (χ1v) is 11.8. The predicted octanol–water partition coefficient (Wildman–Crippen LogP) is 6.97. The number of rotatable bonds is 7. The van der Waals surface area contributed by atoms with Gasteiger partial charge in [-0.15, -0.1) is 11.8 Å². The summed E-state index contributed by atoms with van der Waals surface area (Å²) in [4.78, 5) is 14.1. The second-order valence-electron chi connectivity index (χ2n) is 7.23. The highest BCUT2D eigenvalue weighted by Crippen LogP contribution is 2.36. The van der Waals surface area contributed by atoms with Crippen molar-refractivity contribution in [1.29, 1.82) is 0 Å². The third-order valence-electron chi connectivity index (χ3n) is 4.78. The van der Waals surface area contributed by atoms with E-state index in [1.54, 1.807) is 0 Å². The molecule has 6 heteroatoms. The number of carbonyl (C=O) groups excluding carboxylic acids is 1. The molecule has 0 saturated carbocycles. The highest BCUT2D eigenvalue weighted by atomic mass is 32.2. The van der Waals surface area contributed by atoms with Crippen LogP contribution < -0.4 is 16.0 Å². The fourth-order valence-corrected chi connectivity index (χ4v) is 4.46. The van der Waals surface area contributed by atoms with Gasteiger partial charge in [-0.05, 0) is 66.3 Å². The van der Waals surface area contributed by atoms with Crippen LogP contribution in [0, 0.1) is 0 Å². The molecule has 0 saturated heterocycles. The molecule has 1 unspecified atom stereocenters. The van der Waals surface area contributed by atoms with E-state index in [4.69, 9.17) is 12.2 Å². The highest BCUT2D eigenvalue weighted by molar-refractivity contribution is 8.00. The van der Waals surface area contributed by atoms with Crippen LogP contribution in [-0.2, 0) is 4.79 Å². The highest BCUT2D eigenvalue weighted by Gasteiger charge is 2.22. The van der Waals surface area contributed by atoms with E-state index < -0.39 is 0 Å². The fourth-order valence-electron chi connectivity index (χ4n) is 3.20. The van der Waals surface area contributed by atoms with Gasteiger partial charge in [-0.1, -0.05) is 66.7 Å². The molecule has 0 aliphatic rings. The Balaban J connectivity index is 1.43. The molecular weight excluding hydrogens is 446 g/mol. The first-order chi connectivity index (χ1) is 16.2. The van der Waals surface area contributed by atoms with Gasteiger partial charge in [-0.3, -0.25) is 4.79 Å². The molecule has 164 valence electrons. The number of benzene rings is 4. The molecule has 0 aliphatic heterocycles. The molecule has 0 radical (unpaired) electrons.